The van der Waals surface area contributed by atoms with E-state index in [2.05, 4.69) is 0 Å². The van der Waals surface area contributed by atoms with Crippen molar-refractivity contribution in [1.29, 1.82) is 0 Å². The number of carbonyl (C=O) groups is 3. The highest BCUT2D eigenvalue weighted by Crippen LogP contribution is 2.33. The molecular formula is C24H24N2O5S. The van der Waals surface area contributed by atoms with Gasteiger partial charge in [-0.1, -0.05) is 24.3 Å². The van der Waals surface area contributed by atoms with Crippen molar-refractivity contribution in [3.63, 3.8) is 0 Å². The molecule has 2 fully saturated rings. The number of rotatable bonds is 4. The molecule has 1 N–H and O–H groups in total. The van der Waals surface area contributed by atoms with Crippen LogP contribution in [-0.2, 0) is 11.1 Å². The Hall–Kier alpha value is -2.68. The Labute approximate surface area is 188 Å². The zero-order chi connectivity index (χ0) is 22.4. The largest absolute Gasteiger partial charge is 0.339 e. The van der Waals surface area contributed by atoms with E-state index in [1.165, 1.54) is 0 Å². The number of hydrogen-bond donors (Lipinski definition) is 1. The Morgan fingerprint density at radius 3 is 2.12 bits per heavy atom. The van der Waals surface area contributed by atoms with Gasteiger partial charge in [-0.05, 0) is 42.9 Å². The van der Waals surface area contributed by atoms with Crippen LogP contribution in [0, 0.1) is 11.8 Å². The molecule has 0 saturated carbocycles. The van der Waals surface area contributed by atoms with Gasteiger partial charge in [0, 0.05) is 54.0 Å². The number of ketones is 2. The van der Waals surface area contributed by atoms with Crippen molar-refractivity contribution >= 4 is 28.6 Å². The molecule has 0 bridgehead atoms. The lowest BCUT2D eigenvalue weighted by Crippen LogP contribution is -2.53. The summed E-state index contributed by atoms with van der Waals surface area (Å²) in [6.45, 7) is 2.98. The van der Waals surface area contributed by atoms with E-state index in [9.17, 15) is 18.6 Å². The lowest BCUT2D eigenvalue weighted by atomic mass is 9.79. The number of likely N-dealkylation sites (tertiary alicyclic amines) is 2. The van der Waals surface area contributed by atoms with Crippen molar-refractivity contribution in [2.75, 3.05) is 32.1 Å². The van der Waals surface area contributed by atoms with Crippen molar-refractivity contribution in [1.82, 2.24) is 9.80 Å². The van der Waals surface area contributed by atoms with Crippen molar-refractivity contribution in [2.45, 2.75) is 12.8 Å². The summed E-state index contributed by atoms with van der Waals surface area (Å²) in [5.74, 6) is 0.718. The standard InChI is InChI=1S/C24H24N2O5S/c27-22-18-3-1-2-4-19(18)23(28)21-11-16(5-6-20(21)22)24(29)26-9-7-15(8-10-26)17-12-25(13-17)14-32(30)31/h1-6,11,15,17H,7-10,12-14H2,(H,30,31). The van der Waals surface area contributed by atoms with Crippen LogP contribution >= 0.6 is 0 Å². The van der Waals surface area contributed by atoms with Crippen LogP contribution in [-0.4, -0.2) is 68.1 Å². The number of fused-ring (bicyclic) bond motifs is 2. The Bertz CT molecular complexity index is 1130. The molecular weight excluding hydrogens is 428 g/mol. The maximum absolute atomic E-state index is 13.1. The van der Waals surface area contributed by atoms with Gasteiger partial charge in [-0.15, -0.1) is 0 Å². The lowest BCUT2D eigenvalue weighted by molar-refractivity contribution is 0.0355. The van der Waals surface area contributed by atoms with Crippen molar-refractivity contribution in [2.24, 2.45) is 11.8 Å². The van der Waals surface area contributed by atoms with Gasteiger partial charge in [0.1, 0.15) is 5.88 Å². The van der Waals surface area contributed by atoms with Crippen molar-refractivity contribution in [3.05, 3.63) is 70.3 Å². The van der Waals surface area contributed by atoms with Crippen LogP contribution in [0.25, 0.3) is 0 Å². The van der Waals surface area contributed by atoms with Gasteiger partial charge in [-0.3, -0.25) is 19.3 Å². The maximum atomic E-state index is 13.1. The molecule has 2 aromatic rings. The Morgan fingerprint density at radius 1 is 0.906 bits per heavy atom. The molecule has 166 valence electrons. The summed E-state index contributed by atoms with van der Waals surface area (Å²) in [6.07, 6.45) is 1.81. The van der Waals surface area contributed by atoms with Gasteiger partial charge in [0.25, 0.3) is 5.91 Å². The molecule has 1 amide bonds. The fourth-order valence-electron chi connectivity index (χ4n) is 5.16. The molecule has 1 aliphatic carbocycles. The average Bonchev–Trinajstić information content (AvgIpc) is 2.79. The fraction of sp³-hybridized carbons (Fsp3) is 0.375. The van der Waals surface area contributed by atoms with E-state index in [1.807, 2.05) is 9.80 Å². The minimum absolute atomic E-state index is 0.115. The normalized spacial score (nSPS) is 20.5. The van der Waals surface area contributed by atoms with Gasteiger partial charge in [0.15, 0.2) is 22.6 Å². The number of piperidine rings is 1. The van der Waals surface area contributed by atoms with Gasteiger partial charge in [0.2, 0.25) is 0 Å². The minimum atomic E-state index is -1.79. The molecule has 2 aliphatic heterocycles. The number of amides is 1. The van der Waals surface area contributed by atoms with E-state index in [1.54, 1.807) is 42.5 Å². The van der Waals surface area contributed by atoms with Gasteiger partial charge in [0.05, 0.1) is 0 Å². The highest BCUT2D eigenvalue weighted by molar-refractivity contribution is 7.79. The molecule has 7 nitrogen and oxygen atoms in total. The summed E-state index contributed by atoms with van der Waals surface area (Å²) in [6, 6.07) is 11.6. The van der Waals surface area contributed by atoms with E-state index < -0.39 is 11.1 Å². The first-order chi connectivity index (χ1) is 15.4. The third kappa shape index (κ3) is 3.72. The van der Waals surface area contributed by atoms with Crippen LogP contribution in [0.15, 0.2) is 42.5 Å². The topological polar surface area (TPSA) is 95.0 Å². The SMILES string of the molecule is O=C1c2ccccc2C(=O)c2cc(C(=O)N3CCC(C4CN(CS(=O)O)C4)CC3)ccc21. The molecule has 2 heterocycles. The highest BCUT2D eigenvalue weighted by Gasteiger charge is 2.37. The zero-order valence-corrected chi connectivity index (χ0v) is 18.3. The third-order valence-corrected chi connectivity index (χ3v) is 7.53. The fourth-order valence-corrected chi connectivity index (χ4v) is 5.68. The van der Waals surface area contributed by atoms with Gasteiger partial charge in [-0.25, -0.2) is 4.21 Å². The van der Waals surface area contributed by atoms with Crippen LogP contribution in [0.1, 0.15) is 55.0 Å². The second-order valence-corrected chi connectivity index (χ2v) is 9.74. The molecule has 3 aliphatic rings. The molecule has 32 heavy (non-hydrogen) atoms. The second kappa shape index (κ2) is 8.35. The third-order valence-electron chi connectivity index (χ3n) is 6.94. The minimum Gasteiger partial charge on any atom is -0.339 e. The molecule has 5 rings (SSSR count). The zero-order valence-electron chi connectivity index (χ0n) is 17.5. The Balaban J connectivity index is 1.25. The summed E-state index contributed by atoms with van der Waals surface area (Å²) >= 11 is -1.79. The van der Waals surface area contributed by atoms with Gasteiger partial charge >= 0.3 is 0 Å². The lowest BCUT2D eigenvalue weighted by Gasteiger charge is -2.45. The quantitative estimate of drug-likeness (QED) is 0.611. The highest BCUT2D eigenvalue weighted by atomic mass is 32.2. The van der Waals surface area contributed by atoms with Crippen molar-refractivity contribution in [3.8, 4) is 0 Å². The second-order valence-electron chi connectivity index (χ2n) is 8.84. The smallest absolute Gasteiger partial charge is 0.253 e. The molecule has 0 spiro atoms. The summed E-state index contributed by atoms with van der Waals surface area (Å²) in [4.78, 5) is 42.6. The summed E-state index contributed by atoms with van der Waals surface area (Å²) in [5.41, 5.74) is 1.87. The first-order valence-electron chi connectivity index (χ1n) is 10.8. The molecule has 1 unspecified atom stereocenters. The van der Waals surface area contributed by atoms with Crippen LogP contribution < -0.4 is 0 Å². The summed E-state index contributed by atoms with van der Waals surface area (Å²) < 4.78 is 19.9. The predicted molar refractivity (Wildman–Crippen MR) is 119 cm³/mol. The number of carbonyl (C=O) groups excluding carboxylic acids is 3. The molecule has 2 saturated heterocycles. The molecule has 1 atom stereocenters. The molecule has 0 aromatic heterocycles. The monoisotopic (exact) mass is 452 g/mol. The first kappa shape index (κ1) is 21.2. The van der Waals surface area contributed by atoms with E-state index in [4.69, 9.17) is 4.55 Å². The summed E-state index contributed by atoms with van der Waals surface area (Å²) in [7, 11) is 0. The van der Waals surface area contributed by atoms with E-state index in [0.717, 1.165) is 25.9 Å². The maximum Gasteiger partial charge on any atom is 0.253 e. The number of benzene rings is 2. The van der Waals surface area contributed by atoms with Gasteiger partial charge < -0.3 is 9.45 Å². The molecule has 2 aromatic carbocycles. The summed E-state index contributed by atoms with van der Waals surface area (Å²) in [5, 5.41) is 0. The average molecular weight is 453 g/mol. The van der Waals surface area contributed by atoms with Crippen LogP contribution in [0.5, 0.6) is 0 Å². The number of hydrogen-bond acceptors (Lipinski definition) is 5. The van der Waals surface area contributed by atoms with Crippen LogP contribution in [0.3, 0.4) is 0 Å². The van der Waals surface area contributed by atoms with Crippen LogP contribution in [0.4, 0.5) is 0 Å². The van der Waals surface area contributed by atoms with E-state index >= 15 is 0 Å². The van der Waals surface area contributed by atoms with E-state index in [0.29, 0.717) is 52.7 Å². The molecule has 0 radical (unpaired) electrons. The Kier molecular flexibility index (Phi) is 5.53. The number of nitrogens with zero attached hydrogens (tertiary/aromatic N) is 2. The van der Waals surface area contributed by atoms with Crippen molar-refractivity contribution < 1.29 is 23.1 Å². The predicted octanol–water partition coefficient (Wildman–Crippen LogP) is 2.43. The van der Waals surface area contributed by atoms with Gasteiger partial charge in [-0.2, -0.15) is 0 Å². The Morgan fingerprint density at radius 2 is 1.50 bits per heavy atom. The van der Waals surface area contributed by atoms with Crippen LogP contribution in [0.2, 0.25) is 0 Å². The van der Waals surface area contributed by atoms with E-state index in [-0.39, 0.29) is 23.4 Å². The first-order valence-corrected chi connectivity index (χ1v) is 12.1. The molecule has 8 heteroatoms.